The number of ether oxygens (including phenoxy) is 1. The van der Waals surface area contributed by atoms with Crippen molar-refractivity contribution in [3.63, 3.8) is 0 Å². The summed E-state index contributed by atoms with van der Waals surface area (Å²) in [6.07, 6.45) is 3.72. The molecule has 1 aromatic carbocycles. The Labute approximate surface area is 142 Å². The highest BCUT2D eigenvalue weighted by Gasteiger charge is 2.31. The zero-order valence-corrected chi connectivity index (χ0v) is 14.0. The summed E-state index contributed by atoms with van der Waals surface area (Å²) >= 11 is 0. The largest absolute Gasteiger partial charge is 0.376 e. The van der Waals surface area contributed by atoms with E-state index in [1.165, 1.54) is 12.8 Å². The molecule has 0 radical (unpaired) electrons. The average molecular weight is 325 g/mol. The Hall–Kier alpha value is -2.14. The monoisotopic (exact) mass is 325 g/mol. The van der Waals surface area contributed by atoms with E-state index in [2.05, 4.69) is 5.10 Å². The van der Waals surface area contributed by atoms with Crippen LogP contribution in [0.4, 0.5) is 0 Å². The Balaban J connectivity index is 1.43. The lowest BCUT2D eigenvalue weighted by Crippen LogP contribution is -2.31. The molecule has 1 unspecified atom stereocenters. The normalized spacial score (nSPS) is 20.5. The van der Waals surface area contributed by atoms with Gasteiger partial charge in [-0.15, -0.1) is 0 Å². The maximum atomic E-state index is 12.8. The highest BCUT2D eigenvalue weighted by molar-refractivity contribution is 5.94. The number of hydrogen-bond acceptors (Lipinski definition) is 3. The molecule has 2 heterocycles. The topological polar surface area (TPSA) is 47.4 Å². The first kappa shape index (κ1) is 15.4. The highest BCUT2D eigenvalue weighted by Crippen LogP contribution is 2.30. The third kappa shape index (κ3) is 3.22. The Bertz CT molecular complexity index is 721. The van der Waals surface area contributed by atoms with Gasteiger partial charge in [0.15, 0.2) is 0 Å². The summed E-state index contributed by atoms with van der Waals surface area (Å²) in [5.74, 6) is 0.810. The molecule has 1 aliphatic heterocycles. The molecular formula is C19H23N3O2. The van der Waals surface area contributed by atoms with Gasteiger partial charge in [0.2, 0.25) is 0 Å². The molecule has 1 atom stereocenters. The van der Waals surface area contributed by atoms with Crippen molar-refractivity contribution in [3.05, 3.63) is 42.1 Å². The molecule has 0 bridgehead atoms. The molecule has 1 amide bonds. The van der Waals surface area contributed by atoms with E-state index in [1.807, 2.05) is 48.3 Å². The lowest BCUT2D eigenvalue weighted by Gasteiger charge is -2.16. The van der Waals surface area contributed by atoms with E-state index in [1.54, 1.807) is 4.68 Å². The van der Waals surface area contributed by atoms with E-state index in [0.717, 1.165) is 36.7 Å². The number of carbonyl (C=O) groups is 1. The third-order valence-corrected chi connectivity index (χ3v) is 4.87. The molecule has 2 fully saturated rings. The van der Waals surface area contributed by atoms with Crippen LogP contribution in [0.25, 0.3) is 11.3 Å². The fourth-order valence-corrected chi connectivity index (χ4v) is 3.18. The van der Waals surface area contributed by atoms with Crippen molar-refractivity contribution in [2.75, 3.05) is 19.7 Å². The number of carbonyl (C=O) groups excluding carboxylic acids is 1. The predicted octanol–water partition coefficient (Wildman–Crippen LogP) is 2.73. The van der Waals surface area contributed by atoms with Crippen LogP contribution in [0.1, 0.15) is 29.8 Å². The minimum atomic E-state index is 0.0460. The fourth-order valence-electron chi connectivity index (χ4n) is 3.18. The van der Waals surface area contributed by atoms with E-state index in [9.17, 15) is 4.79 Å². The number of amides is 1. The summed E-state index contributed by atoms with van der Waals surface area (Å²) in [5.41, 5.74) is 2.50. The molecule has 1 aromatic heterocycles. The third-order valence-electron chi connectivity index (χ3n) is 4.87. The molecular weight excluding hydrogens is 302 g/mol. The number of aromatic nitrogens is 2. The molecule has 5 heteroatoms. The van der Waals surface area contributed by atoms with Gasteiger partial charge in [0, 0.05) is 32.3 Å². The first-order valence-electron chi connectivity index (χ1n) is 8.71. The van der Waals surface area contributed by atoms with Gasteiger partial charge in [-0.2, -0.15) is 5.10 Å². The Morgan fingerprint density at radius 2 is 2.04 bits per heavy atom. The molecule has 1 aliphatic carbocycles. The zero-order valence-electron chi connectivity index (χ0n) is 14.0. The van der Waals surface area contributed by atoms with Crippen LogP contribution < -0.4 is 0 Å². The summed E-state index contributed by atoms with van der Waals surface area (Å²) in [6.45, 7) is 2.31. The fraction of sp³-hybridized carbons (Fsp3) is 0.474. The van der Waals surface area contributed by atoms with Gasteiger partial charge in [-0.25, -0.2) is 0 Å². The number of aryl methyl sites for hydroxylation is 1. The number of benzene rings is 1. The van der Waals surface area contributed by atoms with Crippen LogP contribution in [0.5, 0.6) is 0 Å². The summed E-state index contributed by atoms with van der Waals surface area (Å²) in [5, 5.41) is 4.50. The van der Waals surface area contributed by atoms with Crippen molar-refractivity contribution in [2.24, 2.45) is 13.0 Å². The van der Waals surface area contributed by atoms with Crippen molar-refractivity contribution < 1.29 is 9.53 Å². The minimum Gasteiger partial charge on any atom is -0.376 e. The molecule has 24 heavy (non-hydrogen) atoms. The molecule has 1 saturated heterocycles. The summed E-state index contributed by atoms with van der Waals surface area (Å²) in [6, 6.07) is 11.8. The predicted molar refractivity (Wildman–Crippen MR) is 91.6 cm³/mol. The number of rotatable bonds is 5. The quantitative estimate of drug-likeness (QED) is 0.849. The smallest absolute Gasteiger partial charge is 0.272 e. The van der Waals surface area contributed by atoms with E-state index in [4.69, 9.17) is 4.74 Å². The molecule has 0 N–H and O–H groups in total. The van der Waals surface area contributed by atoms with Crippen LogP contribution in [0, 0.1) is 5.92 Å². The maximum absolute atomic E-state index is 12.8. The second-order valence-electron chi connectivity index (χ2n) is 6.84. The summed E-state index contributed by atoms with van der Waals surface area (Å²) in [4.78, 5) is 14.7. The van der Waals surface area contributed by atoms with Crippen LogP contribution in [0.2, 0.25) is 0 Å². The molecule has 1 saturated carbocycles. The van der Waals surface area contributed by atoms with Gasteiger partial charge >= 0.3 is 0 Å². The molecule has 2 aliphatic rings. The van der Waals surface area contributed by atoms with Crippen LogP contribution in [0.3, 0.4) is 0 Å². The van der Waals surface area contributed by atoms with Crippen LogP contribution in [-0.4, -0.2) is 46.4 Å². The van der Waals surface area contributed by atoms with Gasteiger partial charge in [0.05, 0.1) is 11.8 Å². The van der Waals surface area contributed by atoms with Gasteiger partial charge in [0.1, 0.15) is 5.69 Å². The molecule has 2 aromatic rings. The lowest BCUT2D eigenvalue weighted by atomic mass is 10.1. The zero-order chi connectivity index (χ0) is 16.5. The molecule has 0 spiro atoms. The van der Waals surface area contributed by atoms with Crippen molar-refractivity contribution in [2.45, 2.75) is 25.4 Å². The number of nitrogens with zero attached hydrogens (tertiary/aromatic N) is 3. The lowest BCUT2D eigenvalue weighted by molar-refractivity contribution is 0.0477. The van der Waals surface area contributed by atoms with Crippen LogP contribution in [0.15, 0.2) is 36.4 Å². The second kappa shape index (κ2) is 6.40. The summed E-state index contributed by atoms with van der Waals surface area (Å²) in [7, 11) is 1.83. The molecule has 5 nitrogen and oxygen atoms in total. The van der Waals surface area contributed by atoms with Crippen molar-refractivity contribution in [3.8, 4) is 11.3 Å². The Kier molecular flexibility index (Phi) is 4.10. The SMILES string of the molecule is Cn1nc(-c2ccccc2)cc1C(=O)N1CCC(OCC2CC2)C1. The first-order chi connectivity index (χ1) is 11.7. The van der Waals surface area contributed by atoms with Crippen LogP contribution in [-0.2, 0) is 11.8 Å². The van der Waals surface area contributed by atoms with E-state index < -0.39 is 0 Å². The van der Waals surface area contributed by atoms with Gasteiger partial charge < -0.3 is 9.64 Å². The summed E-state index contributed by atoms with van der Waals surface area (Å²) < 4.78 is 7.62. The first-order valence-corrected chi connectivity index (χ1v) is 8.71. The second-order valence-corrected chi connectivity index (χ2v) is 6.84. The van der Waals surface area contributed by atoms with E-state index in [-0.39, 0.29) is 12.0 Å². The molecule has 4 rings (SSSR count). The van der Waals surface area contributed by atoms with E-state index in [0.29, 0.717) is 12.2 Å². The van der Waals surface area contributed by atoms with Gasteiger partial charge in [-0.1, -0.05) is 30.3 Å². The standard InChI is InChI=1S/C19H23N3O2/c1-21-18(11-17(20-21)15-5-3-2-4-6-15)19(23)22-10-9-16(12-22)24-13-14-7-8-14/h2-6,11,14,16H,7-10,12-13H2,1H3. The Morgan fingerprint density at radius 1 is 1.25 bits per heavy atom. The molecule has 126 valence electrons. The van der Waals surface area contributed by atoms with Crippen molar-refractivity contribution in [1.29, 1.82) is 0 Å². The van der Waals surface area contributed by atoms with E-state index >= 15 is 0 Å². The Morgan fingerprint density at radius 3 is 2.79 bits per heavy atom. The van der Waals surface area contributed by atoms with Crippen LogP contribution >= 0.6 is 0 Å². The highest BCUT2D eigenvalue weighted by atomic mass is 16.5. The number of hydrogen-bond donors (Lipinski definition) is 0. The van der Waals surface area contributed by atoms with Crippen molar-refractivity contribution >= 4 is 5.91 Å². The van der Waals surface area contributed by atoms with Gasteiger partial charge in [-0.05, 0) is 31.2 Å². The minimum absolute atomic E-state index is 0.0460. The maximum Gasteiger partial charge on any atom is 0.272 e. The van der Waals surface area contributed by atoms with Crippen molar-refractivity contribution in [1.82, 2.24) is 14.7 Å². The van der Waals surface area contributed by atoms with Gasteiger partial charge in [-0.3, -0.25) is 9.48 Å². The van der Waals surface area contributed by atoms with Gasteiger partial charge in [0.25, 0.3) is 5.91 Å². The average Bonchev–Trinajstić information content (AvgIpc) is 3.17. The number of likely N-dealkylation sites (tertiary alicyclic amines) is 1.